The van der Waals surface area contributed by atoms with E-state index in [0.717, 1.165) is 42.9 Å². The van der Waals surface area contributed by atoms with Crippen LogP contribution in [0.4, 0.5) is 4.39 Å². The van der Waals surface area contributed by atoms with Gasteiger partial charge in [0.05, 0.1) is 19.2 Å². The van der Waals surface area contributed by atoms with Gasteiger partial charge in [0.2, 0.25) is 0 Å². The second-order valence-electron chi connectivity index (χ2n) is 8.52. The second kappa shape index (κ2) is 9.33. The lowest BCUT2D eigenvalue weighted by atomic mass is 9.88. The van der Waals surface area contributed by atoms with E-state index < -0.39 is 11.9 Å². The molecule has 5 nitrogen and oxygen atoms in total. The summed E-state index contributed by atoms with van der Waals surface area (Å²) in [4.78, 5) is 17.8. The lowest BCUT2D eigenvalue weighted by Gasteiger charge is -2.23. The molecular weight excluding hydrogens is 487 g/mol. The van der Waals surface area contributed by atoms with Crippen LogP contribution >= 0.6 is 15.9 Å². The third-order valence-electron chi connectivity index (χ3n) is 6.47. The third-order valence-corrected chi connectivity index (χ3v) is 6.93. The number of pyridine rings is 1. The quantitative estimate of drug-likeness (QED) is 0.539. The van der Waals surface area contributed by atoms with Crippen LogP contribution in [0, 0.1) is 11.7 Å². The number of aliphatic imine (C=N–C) groups is 1. The monoisotopic (exact) mass is 510 g/mol. The number of benzene rings is 2. The summed E-state index contributed by atoms with van der Waals surface area (Å²) in [6, 6.07) is 13.4. The Hall–Kier alpha value is -2.61. The molecule has 3 aromatic rings. The van der Waals surface area contributed by atoms with E-state index in [-0.39, 0.29) is 12.2 Å². The molecule has 1 fully saturated rings. The van der Waals surface area contributed by atoms with E-state index in [1.54, 1.807) is 18.3 Å². The zero-order chi connectivity index (χ0) is 22.9. The number of fused-ring (bicyclic) bond motifs is 1. The van der Waals surface area contributed by atoms with Crippen LogP contribution in [0.1, 0.15) is 35.6 Å². The highest BCUT2D eigenvalue weighted by Gasteiger charge is 2.26. The van der Waals surface area contributed by atoms with Gasteiger partial charge in [-0.25, -0.2) is 4.39 Å². The summed E-state index contributed by atoms with van der Waals surface area (Å²) in [7, 11) is 0. The molecule has 0 amide bonds. The van der Waals surface area contributed by atoms with Gasteiger partial charge in [-0.15, -0.1) is 0 Å². The highest BCUT2D eigenvalue weighted by molar-refractivity contribution is 9.10. The Morgan fingerprint density at radius 2 is 1.91 bits per heavy atom. The minimum atomic E-state index is -0.675. The molecule has 2 aromatic carbocycles. The van der Waals surface area contributed by atoms with E-state index in [2.05, 4.69) is 28.1 Å². The number of hydrogen-bond acceptors (Lipinski definition) is 4. The number of halogens is 2. The number of aliphatic hydroxyl groups excluding tert-OH is 1. The van der Waals surface area contributed by atoms with Crippen molar-refractivity contribution in [2.75, 3.05) is 19.8 Å². The summed E-state index contributed by atoms with van der Waals surface area (Å²) in [6.45, 7) is 1.92. The van der Waals surface area contributed by atoms with Crippen molar-refractivity contribution in [2.45, 2.75) is 25.4 Å². The van der Waals surface area contributed by atoms with Crippen LogP contribution in [-0.2, 0) is 11.3 Å². The largest absolute Gasteiger partial charge is 0.394 e. The molecule has 0 radical (unpaired) electrons. The maximum Gasteiger partial charge on any atom is 0.251 e. The van der Waals surface area contributed by atoms with Crippen molar-refractivity contribution in [3.8, 4) is 11.1 Å². The topological polar surface area (TPSA) is 63.8 Å². The van der Waals surface area contributed by atoms with Crippen LogP contribution in [-0.4, -0.2) is 35.2 Å². The Labute approximate surface area is 199 Å². The van der Waals surface area contributed by atoms with Gasteiger partial charge in [0.15, 0.2) is 0 Å². The van der Waals surface area contributed by atoms with Gasteiger partial charge in [-0.05, 0) is 65.4 Å². The van der Waals surface area contributed by atoms with E-state index in [0.29, 0.717) is 22.5 Å². The molecule has 0 aliphatic carbocycles. The van der Waals surface area contributed by atoms with E-state index >= 15 is 0 Å². The average molecular weight is 511 g/mol. The molecule has 0 saturated carbocycles. The Balaban J connectivity index is 1.46. The molecule has 1 aromatic heterocycles. The minimum Gasteiger partial charge on any atom is -0.394 e. The molecule has 33 heavy (non-hydrogen) atoms. The van der Waals surface area contributed by atoms with E-state index in [1.807, 2.05) is 12.1 Å². The van der Waals surface area contributed by atoms with Crippen LogP contribution in [0.2, 0.25) is 0 Å². The molecule has 2 aliphatic heterocycles. The van der Waals surface area contributed by atoms with Crippen molar-refractivity contribution < 1.29 is 14.2 Å². The van der Waals surface area contributed by atoms with Crippen molar-refractivity contribution in [3.05, 3.63) is 92.1 Å². The first kappa shape index (κ1) is 22.2. The fourth-order valence-electron chi connectivity index (χ4n) is 4.76. The lowest BCUT2D eigenvalue weighted by Crippen LogP contribution is -2.27. The van der Waals surface area contributed by atoms with Crippen molar-refractivity contribution in [2.24, 2.45) is 10.9 Å². The van der Waals surface area contributed by atoms with Crippen LogP contribution in [0.25, 0.3) is 11.1 Å². The molecule has 2 aliphatic rings. The molecule has 0 bridgehead atoms. The zero-order valence-corrected chi connectivity index (χ0v) is 19.6. The molecular formula is C26H24BrFN2O3. The normalized spacial score (nSPS) is 17.0. The third kappa shape index (κ3) is 4.45. The summed E-state index contributed by atoms with van der Waals surface area (Å²) in [6.07, 6.45) is 3.63. The van der Waals surface area contributed by atoms with Crippen LogP contribution < -0.4 is 5.56 Å². The first-order chi connectivity index (χ1) is 16.0. The van der Waals surface area contributed by atoms with E-state index in [4.69, 9.17) is 9.73 Å². The summed E-state index contributed by atoms with van der Waals surface area (Å²) in [5.74, 6) is -0.0122. The number of hydrogen-bond donors (Lipinski definition) is 1. The Bertz CT molecular complexity index is 1260. The number of aliphatic hydroxyl groups is 1. The van der Waals surface area contributed by atoms with Crippen molar-refractivity contribution in [1.29, 1.82) is 0 Å². The summed E-state index contributed by atoms with van der Waals surface area (Å²) in [5.41, 5.74) is 5.55. The lowest BCUT2D eigenvalue weighted by molar-refractivity contribution is 0.0829. The minimum absolute atomic E-state index is 0.259. The van der Waals surface area contributed by atoms with Crippen molar-refractivity contribution in [1.82, 2.24) is 4.57 Å². The molecule has 1 atom stereocenters. The summed E-state index contributed by atoms with van der Waals surface area (Å²) < 4.78 is 21.4. The number of nitrogens with zero attached hydrogens (tertiary/aromatic N) is 2. The van der Waals surface area contributed by atoms with E-state index in [1.165, 1.54) is 27.8 Å². The summed E-state index contributed by atoms with van der Waals surface area (Å²) >= 11 is 3.28. The maximum atomic E-state index is 13.9. The second-order valence-corrected chi connectivity index (χ2v) is 9.44. The van der Waals surface area contributed by atoms with E-state index in [9.17, 15) is 14.3 Å². The highest BCUT2D eigenvalue weighted by Crippen LogP contribution is 2.32. The van der Waals surface area contributed by atoms with Gasteiger partial charge in [0.1, 0.15) is 5.82 Å². The predicted molar refractivity (Wildman–Crippen MR) is 129 cm³/mol. The molecule has 1 N–H and O–H groups in total. The Morgan fingerprint density at radius 1 is 1.12 bits per heavy atom. The smallest absolute Gasteiger partial charge is 0.251 e. The van der Waals surface area contributed by atoms with Crippen molar-refractivity contribution >= 4 is 21.6 Å². The first-order valence-corrected chi connectivity index (χ1v) is 11.9. The molecule has 0 unspecified atom stereocenters. The van der Waals surface area contributed by atoms with Gasteiger partial charge in [-0.3, -0.25) is 9.79 Å². The zero-order valence-electron chi connectivity index (χ0n) is 18.0. The first-order valence-electron chi connectivity index (χ1n) is 11.1. The average Bonchev–Trinajstić information content (AvgIpc) is 3.24. The van der Waals surface area contributed by atoms with Crippen LogP contribution in [0.3, 0.4) is 0 Å². The summed E-state index contributed by atoms with van der Waals surface area (Å²) in [5, 5.41) is 9.96. The predicted octanol–water partition coefficient (Wildman–Crippen LogP) is 4.73. The molecule has 5 rings (SSSR count). The standard InChI is InChI=1S/C26H24BrFN2O3/c27-21-9-20(10-22(28)13-21)24(15-31)30-6-3-18(12-25(30)32)17-1-2-19-14-29-26(23(19)11-17)16-4-7-33-8-5-16/h1-3,6,9-13,16,24,31H,4-5,7-8,14-15H2/t24-/m1/s1. The van der Waals surface area contributed by atoms with Crippen molar-refractivity contribution in [3.63, 3.8) is 0 Å². The molecule has 3 heterocycles. The SMILES string of the molecule is O=c1cc(-c2ccc3c(c2)C(C2CCOCC2)=NC3)ccn1[C@H](CO)c1cc(F)cc(Br)c1. The fraction of sp³-hybridized carbons (Fsp3) is 0.308. The van der Waals surface area contributed by atoms with Gasteiger partial charge in [0.25, 0.3) is 5.56 Å². The number of rotatable bonds is 5. The molecule has 0 spiro atoms. The molecule has 170 valence electrons. The van der Waals surface area contributed by atoms with Crippen LogP contribution in [0.5, 0.6) is 0 Å². The van der Waals surface area contributed by atoms with Crippen LogP contribution in [0.15, 0.2) is 69.0 Å². The number of ether oxygens (including phenoxy) is 1. The molecule has 1 saturated heterocycles. The van der Waals surface area contributed by atoms with Gasteiger partial charge < -0.3 is 14.4 Å². The molecule has 7 heteroatoms. The van der Waals surface area contributed by atoms with Gasteiger partial charge in [0, 0.05) is 47.1 Å². The van der Waals surface area contributed by atoms with Gasteiger partial charge in [-0.2, -0.15) is 0 Å². The fourth-order valence-corrected chi connectivity index (χ4v) is 5.24. The maximum absolute atomic E-state index is 13.9. The highest BCUT2D eigenvalue weighted by atomic mass is 79.9. The Morgan fingerprint density at radius 3 is 2.64 bits per heavy atom. The van der Waals surface area contributed by atoms with Gasteiger partial charge >= 0.3 is 0 Å². The Kier molecular flexibility index (Phi) is 6.27. The van der Waals surface area contributed by atoms with Gasteiger partial charge in [-0.1, -0.05) is 28.1 Å². The number of aromatic nitrogens is 1.